The van der Waals surface area contributed by atoms with Crippen molar-refractivity contribution in [3.63, 3.8) is 0 Å². The Balaban J connectivity index is 1.16. The maximum atomic E-state index is 6.69. The molecule has 0 amide bonds. The summed E-state index contributed by atoms with van der Waals surface area (Å²) in [6, 6.07) is 60.6. The van der Waals surface area contributed by atoms with Crippen molar-refractivity contribution in [2.24, 2.45) is 0 Å². The average Bonchev–Trinajstić information content (AvgIpc) is 3.79. The van der Waals surface area contributed by atoms with E-state index in [4.69, 9.17) is 4.42 Å². The van der Waals surface area contributed by atoms with Gasteiger partial charge in [-0.05, 0) is 76.9 Å². The Morgan fingerprint density at radius 1 is 0.362 bits per heavy atom. The lowest BCUT2D eigenvalue weighted by Gasteiger charge is -2.11. The number of hydrogen-bond acceptors (Lipinski definition) is 1. The molecule has 0 saturated heterocycles. The molecule has 3 heteroatoms. The minimum Gasteiger partial charge on any atom is -0.439 e. The highest BCUT2D eigenvalue weighted by Crippen LogP contribution is 2.43. The lowest BCUT2D eigenvalue weighted by molar-refractivity contribution is 0.645. The molecule has 7 aromatic carbocycles. The van der Waals surface area contributed by atoms with Crippen LogP contribution in [0.25, 0.3) is 88.4 Å². The van der Waals surface area contributed by atoms with Crippen molar-refractivity contribution in [3.8, 4) is 33.6 Å². The standard InChI is InChI=1S/C44H28N2O/c1-2-16-32(17-3-1)46-40-25-9-6-21-37(40)43-42-34(22-12-26-41(42)47-44(43)46)31-15-10-13-29(27-31)30-14-11-18-33(28-30)45-38-23-7-4-19-35(38)36-20-5-8-24-39(36)45/h1-28H. The predicted molar refractivity (Wildman–Crippen MR) is 196 cm³/mol. The van der Waals surface area contributed by atoms with E-state index in [2.05, 4.69) is 179 Å². The van der Waals surface area contributed by atoms with Crippen LogP contribution in [0.3, 0.4) is 0 Å². The first-order valence-corrected chi connectivity index (χ1v) is 16.0. The number of hydrogen-bond donors (Lipinski definition) is 0. The first-order valence-electron chi connectivity index (χ1n) is 16.0. The van der Waals surface area contributed by atoms with E-state index in [1.807, 2.05) is 0 Å². The molecule has 0 aliphatic rings. The zero-order valence-electron chi connectivity index (χ0n) is 25.5. The number of para-hydroxylation sites is 4. The Kier molecular flexibility index (Phi) is 5.57. The van der Waals surface area contributed by atoms with Gasteiger partial charge in [0.15, 0.2) is 0 Å². The smallest absolute Gasteiger partial charge is 0.213 e. The summed E-state index contributed by atoms with van der Waals surface area (Å²) >= 11 is 0. The number of rotatable bonds is 4. The lowest BCUT2D eigenvalue weighted by atomic mass is 9.95. The van der Waals surface area contributed by atoms with Crippen LogP contribution in [0.5, 0.6) is 0 Å². The molecular weight excluding hydrogens is 572 g/mol. The molecule has 0 aliphatic carbocycles. The number of aromatic nitrogens is 2. The SMILES string of the molecule is c1ccc(-n2c3ccccc3c3c4c(-c5cccc(-c6cccc(-n7c8ccccc8c8ccccc87)c6)c5)cccc4oc32)cc1. The topological polar surface area (TPSA) is 23.0 Å². The monoisotopic (exact) mass is 600 g/mol. The first-order chi connectivity index (χ1) is 23.3. The summed E-state index contributed by atoms with van der Waals surface area (Å²) in [6.07, 6.45) is 0. The second-order valence-electron chi connectivity index (χ2n) is 12.1. The van der Waals surface area contributed by atoms with E-state index in [0.29, 0.717) is 0 Å². The van der Waals surface area contributed by atoms with E-state index in [0.717, 1.165) is 50.1 Å². The number of nitrogens with zero attached hydrogens (tertiary/aromatic N) is 2. The van der Waals surface area contributed by atoms with Crippen molar-refractivity contribution in [1.29, 1.82) is 0 Å². The molecule has 3 aromatic heterocycles. The van der Waals surface area contributed by atoms with Crippen molar-refractivity contribution in [1.82, 2.24) is 9.13 Å². The second-order valence-corrected chi connectivity index (χ2v) is 12.1. The van der Waals surface area contributed by atoms with E-state index in [-0.39, 0.29) is 0 Å². The highest BCUT2D eigenvalue weighted by molar-refractivity contribution is 6.23. The third-order valence-electron chi connectivity index (χ3n) is 9.52. The quantitative estimate of drug-likeness (QED) is 0.197. The largest absolute Gasteiger partial charge is 0.439 e. The van der Waals surface area contributed by atoms with Gasteiger partial charge in [-0.25, -0.2) is 0 Å². The van der Waals surface area contributed by atoms with Crippen LogP contribution in [0.1, 0.15) is 0 Å². The zero-order chi connectivity index (χ0) is 30.9. The summed E-state index contributed by atoms with van der Waals surface area (Å²) in [5.41, 5.74) is 12.2. The molecule has 0 saturated carbocycles. The van der Waals surface area contributed by atoms with Gasteiger partial charge in [-0.1, -0.05) is 115 Å². The van der Waals surface area contributed by atoms with Crippen LogP contribution in [-0.2, 0) is 0 Å². The molecule has 0 N–H and O–H groups in total. The molecule has 0 radical (unpaired) electrons. The molecule has 3 nitrogen and oxygen atoms in total. The summed E-state index contributed by atoms with van der Waals surface area (Å²) in [5.74, 6) is 0. The van der Waals surface area contributed by atoms with Crippen LogP contribution in [0, 0.1) is 0 Å². The number of fused-ring (bicyclic) bond motifs is 8. The molecule has 47 heavy (non-hydrogen) atoms. The van der Waals surface area contributed by atoms with E-state index in [1.165, 1.54) is 38.3 Å². The summed E-state index contributed by atoms with van der Waals surface area (Å²) in [5, 5.41) is 6.01. The molecular formula is C44H28N2O. The lowest BCUT2D eigenvalue weighted by Crippen LogP contribution is -1.94. The Morgan fingerprint density at radius 2 is 0.915 bits per heavy atom. The fraction of sp³-hybridized carbons (Fsp3) is 0. The molecule has 0 atom stereocenters. The van der Waals surface area contributed by atoms with Crippen LogP contribution >= 0.6 is 0 Å². The summed E-state index contributed by atoms with van der Waals surface area (Å²) in [4.78, 5) is 0. The van der Waals surface area contributed by atoms with Gasteiger partial charge in [-0.15, -0.1) is 0 Å². The van der Waals surface area contributed by atoms with E-state index < -0.39 is 0 Å². The van der Waals surface area contributed by atoms with Crippen LogP contribution in [0.4, 0.5) is 0 Å². The Hall–Kier alpha value is -6.32. The van der Waals surface area contributed by atoms with Crippen molar-refractivity contribution in [3.05, 3.63) is 170 Å². The third kappa shape index (κ3) is 3.87. The molecule has 0 fully saturated rings. The molecule has 0 unspecified atom stereocenters. The molecule has 0 bridgehead atoms. The predicted octanol–water partition coefficient (Wildman–Crippen LogP) is 12.0. The van der Waals surface area contributed by atoms with Crippen molar-refractivity contribution in [2.75, 3.05) is 0 Å². The van der Waals surface area contributed by atoms with Gasteiger partial charge < -0.3 is 8.98 Å². The van der Waals surface area contributed by atoms with Crippen LogP contribution in [-0.4, -0.2) is 9.13 Å². The molecule has 3 heterocycles. The first kappa shape index (κ1) is 26.0. The molecule has 10 aromatic rings. The van der Waals surface area contributed by atoms with Crippen LogP contribution < -0.4 is 0 Å². The number of benzene rings is 7. The van der Waals surface area contributed by atoms with Gasteiger partial charge in [0, 0.05) is 32.9 Å². The fourth-order valence-corrected chi connectivity index (χ4v) is 7.50. The van der Waals surface area contributed by atoms with Crippen LogP contribution in [0.15, 0.2) is 174 Å². The van der Waals surface area contributed by atoms with E-state index in [1.54, 1.807) is 0 Å². The van der Waals surface area contributed by atoms with Crippen molar-refractivity contribution in [2.45, 2.75) is 0 Å². The molecule has 0 spiro atoms. The Morgan fingerprint density at radius 3 is 1.66 bits per heavy atom. The summed E-state index contributed by atoms with van der Waals surface area (Å²) in [7, 11) is 0. The van der Waals surface area contributed by atoms with Gasteiger partial charge in [0.25, 0.3) is 0 Å². The average molecular weight is 601 g/mol. The molecule has 10 rings (SSSR count). The van der Waals surface area contributed by atoms with Gasteiger partial charge >= 0.3 is 0 Å². The second kappa shape index (κ2) is 10.1. The molecule has 0 aliphatic heterocycles. The normalized spacial score (nSPS) is 11.8. The number of furan rings is 1. The zero-order valence-corrected chi connectivity index (χ0v) is 25.5. The van der Waals surface area contributed by atoms with Crippen molar-refractivity contribution < 1.29 is 4.42 Å². The Bertz CT molecular complexity index is 2740. The minimum absolute atomic E-state index is 0.870. The highest BCUT2D eigenvalue weighted by atomic mass is 16.3. The van der Waals surface area contributed by atoms with E-state index in [9.17, 15) is 0 Å². The minimum atomic E-state index is 0.870. The third-order valence-corrected chi connectivity index (χ3v) is 9.52. The van der Waals surface area contributed by atoms with Crippen molar-refractivity contribution >= 4 is 54.8 Å². The highest BCUT2D eigenvalue weighted by Gasteiger charge is 2.21. The maximum Gasteiger partial charge on any atom is 0.213 e. The van der Waals surface area contributed by atoms with Gasteiger partial charge in [-0.2, -0.15) is 0 Å². The fourth-order valence-electron chi connectivity index (χ4n) is 7.50. The summed E-state index contributed by atoms with van der Waals surface area (Å²) < 4.78 is 11.3. The van der Waals surface area contributed by atoms with E-state index >= 15 is 0 Å². The van der Waals surface area contributed by atoms with Gasteiger partial charge in [0.05, 0.1) is 21.9 Å². The van der Waals surface area contributed by atoms with Gasteiger partial charge in [0.1, 0.15) is 5.58 Å². The van der Waals surface area contributed by atoms with Gasteiger partial charge in [-0.3, -0.25) is 4.57 Å². The Labute approximate surface area is 271 Å². The maximum absolute atomic E-state index is 6.69. The molecule has 220 valence electrons. The van der Waals surface area contributed by atoms with Gasteiger partial charge in [0.2, 0.25) is 5.71 Å². The van der Waals surface area contributed by atoms with Crippen LogP contribution in [0.2, 0.25) is 0 Å². The summed E-state index contributed by atoms with van der Waals surface area (Å²) in [6.45, 7) is 0.